The molecule has 1 rings (SSSR count). The fourth-order valence-electron chi connectivity index (χ4n) is 2.83. The fourth-order valence-corrected chi connectivity index (χ4v) is 2.83. The van der Waals surface area contributed by atoms with E-state index < -0.39 is 40.9 Å². The minimum Gasteiger partial charge on any atom is -0.461 e. The largest absolute Gasteiger partial charge is 0.461 e. The van der Waals surface area contributed by atoms with Gasteiger partial charge < -0.3 is 24.7 Å². The highest BCUT2D eigenvalue weighted by molar-refractivity contribution is 5.81. The summed E-state index contributed by atoms with van der Waals surface area (Å²) in [7, 11) is 0. The van der Waals surface area contributed by atoms with Gasteiger partial charge in [-0.3, -0.25) is 19.2 Å². The topological polar surface area (TPSA) is 131 Å². The van der Waals surface area contributed by atoms with Crippen molar-refractivity contribution in [2.24, 2.45) is 16.6 Å². The molecule has 0 radical (unpaired) electrons. The average molecular weight is 522 g/mol. The molecule has 2 atom stereocenters. The van der Waals surface area contributed by atoms with Gasteiger partial charge in [0.1, 0.15) is 18.8 Å². The third-order valence-electron chi connectivity index (χ3n) is 5.17. The van der Waals surface area contributed by atoms with Crippen molar-refractivity contribution in [1.29, 1.82) is 0 Å². The van der Waals surface area contributed by atoms with Crippen LogP contribution in [0.4, 0.5) is 0 Å². The van der Waals surface area contributed by atoms with Crippen LogP contribution in [0.2, 0.25) is 0 Å². The number of benzene rings is 1. The standard InChI is InChI=1S/C28H43NO8/c1-9-10-11-12-23(30)35-18(2)17-34-24(31)20(29)15-19-13-14-21(36-25(32)27(3,4)5)22(16-19)37-26(33)28(6,7)8/h13-14,16,18,20H,9-12,15,17,29H2,1-8H3/t18-,20-/m0/s1. The minimum absolute atomic E-state index is 0.0548. The SMILES string of the molecule is CCCCCC(=O)O[C@@H](C)COC(=O)[C@@H](N)Cc1ccc(OC(=O)C(C)(C)C)c(OC(=O)C(C)(C)C)c1. The van der Waals surface area contributed by atoms with Crippen LogP contribution in [0, 0.1) is 10.8 Å². The second kappa shape index (κ2) is 14.1. The molecule has 9 nitrogen and oxygen atoms in total. The number of rotatable bonds is 12. The van der Waals surface area contributed by atoms with Crippen LogP contribution in [0.5, 0.6) is 11.5 Å². The summed E-state index contributed by atoms with van der Waals surface area (Å²) in [5, 5.41) is 0. The number of carbonyl (C=O) groups is 4. The Morgan fingerprint density at radius 2 is 1.46 bits per heavy atom. The minimum atomic E-state index is -1.01. The van der Waals surface area contributed by atoms with Gasteiger partial charge in [0.05, 0.1) is 10.8 Å². The number of unbranched alkanes of at least 4 members (excludes halogenated alkanes) is 2. The third kappa shape index (κ3) is 11.8. The van der Waals surface area contributed by atoms with Gasteiger partial charge in [-0.05, 0) is 79.0 Å². The normalized spacial score (nSPS) is 13.3. The number of ether oxygens (including phenoxy) is 4. The van der Waals surface area contributed by atoms with E-state index in [0.29, 0.717) is 12.0 Å². The molecule has 9 heteroatoms. The summed E-state index contributed by atoms with van der Waals surface area (Å²) in [4.78, 5) is 49.2. The van der Waals surface area contributed by atoms with E-state index in [0.717, 1.165) is 19.3 Å². The van der Waals surface area contributed by atoms with Gasteiger partial charge in [0.2, 0.25) is 0 Å². The van der Waals surface area contributed by atoms with Crippen LogP contribution < -0.4 is 15.2 Å². The molecule has 0 aromatic heterocycles. The van der Waals surface area contributed by atoms with Crippen LogP contribution in [-0.2, 0) is 35.1 Å². The first-order chi connectivity index (χ1) is 17.0. The second-order valence-electron chi connectivity index (χ2n) is 11.3. The van der Waals surface area contributed by atoms with Gasteiger partial charge in [-0.2, -0.15) is 0 Å². The van der Waals surface area contributed by atoms with Gasteiger partial charge in [-0.25, -0.2) is 0 Å². The van der Waals surface area contributed by atoms with Crippen LogP contribution in [-0.4, -0.2) is 42.6 Å². The Balaban J connectivity index is 2.86. The Hall–Kier alpha value is -2.94. The lowest BCUT2D eigenvalue weighted by molar-refractivity contribution is -0.158. The molecule has 0 saturated heterocycles. The molecule has 0 aliphatic carbocycles. The molecule has 0 aliphatic rings. The predicted molar refractivity (Wildman–Crippen MR) is 139 cm³/mol. The van der Waals surface area contributed by atoms with Crippen molar-refractivity contribution in [1.82, 2.24) is 0 Å². The Labute approximate surface area is 220 Å². The molecule has 37 heavy (non-hydrogen) atoms. The van der Waals surface area contributed by atoms with Gasteiger partial charge in [-0.15, -0.1) is 0 Å². The summed E-state index contributed by atoms with van der Waals surface area (Å²) < 4.78 is 21.5. The molecule has 0 saturated carbocycles. The van der Waals surface area contributed by atoms with Crippen molar-refractivity contribution in [3.63, 3.8) is 0 Å². The molecule has 0 aliphatic heterocycles. The zero-order chi connectivity index (χ0) is 28.4. The van der Waals surface area contributed by atoms with E-state index in [4.69, 9.17) is 24.7 Å². The van der Waals surface area contributed by atoms with Crippen molar-refractivity contribution in [2.75, 3.05) is 6.61 Å². The maximum Gasteiger partial charge on any atom is 0.323 e. The number of hydrogen-bond donors (Lipinski definition) is 1. The molecule has 0 fully saturated rings. The summed E-state index contributed by atoms with van der Waals surface area (Å²) in [6.07, 6.45) is 2.53. The molecular formula is C28H43NO8. The highest BCUT2D eigenvalue weighted by atomic mass is 16.6. The molecule has 0 bridgehead atoms. The van der Waals surface area contributed by atoms with Crippen LogP contribution in [0.1, 0.15) is 86.6 Å². The van der Waals surface area contributed by atoms with Crippen molar-refractivity contribution >= 4 is 23.9 Å². The van der Waals surface area contributed by atoms with Gasteiger partial charge >= 0.3 is 23.9 Å². The van der Waals surface area contributed by atoms with E-state index in [1.807, 2.05) is 6.92 Å². The average Bonchev–Trinajstić information content (AvgIpc) is 2.77. The molecule has 2 N–H and O–H groups in total. The lowest BCUT2D eigenvalue weighted by atomic mass is 9.97. The summed E-state index contributed by atoms with van der Waals surface area (Å²) in [6.45, 7) is 13.8. The summed E-state index contributed by atoms with van der Waals surface area (Å²) >= 11 is 0. The van der Waals surface area contributed by atoms with Gasteiger partial charge in [0.25, 0.3) is 0 Å². The van der Waals surface area contributed by atoms with E-state index in [9.17, 15) is 19.2 Å². The Morgan fingerprint density at radius 1 is 0.892 bits per heavy atom. The summed E-state index contributed by atoms with van der Waals surface area (Å²) in [5.74, 6) is -1.85. The number of carbonyl (C=O) groups excluding carboxylic acids is 4. The van der Waals surface area contributed by atoms with E-state index in [-0.39, 0.29) is 30.5 Å². The molecule has 1 aromatic rings. The zero-order valence-corrected chi connectivity index (χ0v) is 23.5. The Morgan fingerprint density at radius 3 is 2.00 bits per heavy atom. The Bertz CT molecular complexity index is 942. The molecule has 208 valence electrons. The van der Waals surface area contributed by atoms with E-state index in [1.165, 1.54) is 12.1 Å². The first-order valence-electron chi connectivity index (χ1n) is 12.7. The van der Waals surface area contributed by atoms with Gasteiger partial charge in [0.15, 0.2) is 11.5 Å². The number of hydrogen-bond acceptors (Lipinski definition) is 9. The predicted octanol–water partition coefficient (Wildman–Crippen LogP) is 4.51. The monoisotopic (exact) mass is 521 g/mol. The van der Waals surface area contributed by atoms with Crippen LogP contribution in [0.3, 0.4) is 0 Å². The van der Waals surface area contributed by atoms with Crippen molar-refractivity contribution in [3.8, 4) is 11.5 Å². The first kappa shape index (κ1) is 32.1. The maximum atomic E-state index is 12.5. The molecule has 0 amide bonds. The lowest BCUT2D eigenvalue weighted by Gasteiger charge is -2.21. The molecule has 0 unspecified atom stereocenters. The maximum absolute atomic E-state index is 12.5. The van der Waals surface area contributed by atoms with Crippen LogP contribution in [0.15, 0.2) is 18.2 Å². The molecule has 0 spiro atoms. The molecule has 0 heterocycles. The lowest BCUT2D eigenvalue weighted by Crippen LogP contribution is -2.36. The van der Waals surface area contributed by atoms with E-state index >= 15 is 0 Å². The fraction of sp³-hybridized carbons (Fsp3) is 0.643. The number of nitrogens with two attached hydrogens (primary N) is 1. The van der Waals surface area contributed by atoms with Crippen molar-refractivity contribution in [3.05, 3.63) is 23.8 Å². The van der Waals surface area contributed by atoms with E-state index in [2.05, 4.69) is 0 Å². The number of esters is 4. The highest BCUT2D eigenvalue weighted by Gasteiger charge is 2.28. The highest BCUT2D eigenvalue weighted by Crippen LogP contribution is 2.33. The Kier molecular flexibility index (Phi) is 12.2. The third-order valence-corrected chi connectivity index (χ3v) is 5.17. The zero-order valence-electron chi connectivity index (χ0n) is 23.5. The van der Waals surface area contributed by atoms with Crippen LogP contribution in [0.25, 0.3) is 0 Å². The summed E-state index contributed by atoms with van der Waals surface area (Å²) in [6, 6.07) is 3.64. The van der Waals surface area contributed by atoms with Crippen LogP contribution >= 0.6 is 0 Å². The quantitative estimate of drug-likeness (QED) is 0.240. The summed E-state index contributed by atoms with van der Waals surface area (Å²) in [5.41, 5.74) is 5.05. The molecular weight excluding hydrogens is 478 g/mol. The first-order valence-corrected chi connectivity index (χ1v) is 12.7. The van der Waals surface area contributed by atoms with Gasteiger partial charge in [0, 0.05) is 6.42 Å². The van der Waals surface area contributed by atoms with E-state index in [1.54, 1.807) is 54.5 Å². The second-order valence-corrected chi connectivity index (χ2v) is 11.3. The van der Waals surface area contributed by atoms with Crippen molar-refractivity contribution < 1.29 is 38.1 Å². The van der Waals surface area contributed by atoms with Gasteiger partial charge in [-0.1, -0.05) is 25.8 Å². The van der Waals surface area contributed by atoms with Crippen molar-refractivity contribution in [2.45, 2.75) is 99.6 Å². The smallest absolute Gasteiger partial charge is 0.323 e. The molecule has 1 aromatic carbocycles.